The van der Waals surface area contributed by atoms with Crippen molar-refractivity contribution in [2.45, 2.75) is 18.7 Å². The molecule has 0 radical (unpaired) electrons. The van der Waals surface area contributed by atoms with E-state index in [1.165, 1.54) is 19.1 Å². The molecule has 0 aliphatic carbocycles. The third-order valence-corrected chi connectivity index (χ3v) is 4.49. The summed E-state index contributed by atoms with van der Waals surface area (Å²) in [4.78, 5) is 22.3. The normalized spacial score (nSPS) is 11.0. The Kier molecular flexibility index (Phi) is 4.42. The minimum absolute atomic E-state index is 0.00849. The Hall–Kier alpha value is -2.47. The van der Waals surface area contributed by atoms with Gasteiger partial charge in [-0.15, -0.1) is 0 Å². The van der Waals surface area contributed by atoms with Crippen molar-refractivity contribution in [2.24, 2.45) is 0 Å². The highest BCUT2D eigenvalue weighted by molar-refractivity contribution is 7.90. The van der Waals surface area contributed by atoms with E-state index in [4.69, 9.17) is 0 Å². The van der Waals surface area contributed by atoms with Crippen LogP contribution >= 0.6 is 0 Å². The molecule has 2 aromatic carbocycles. The van der Waals surface area contributed by atoms with E-state index in [1.807, 2.05) is 10.8 Å². The Labute approximate surface area is 129 Å². The minimum Gasteiger partial charge on any atom is -0.295 e. The molecule has 0 bridgehead atoms. The van der Waals surface area contributed by atoms with Crippen molar-refractivity contribution in [3.63, 3.8) is 0 Å². The first kappa shape index (κ1) is 15.9. The smallest absolute Gasteiger partial charge is 0.264 e. The van der Waals surface area contributed by atoms with Crippen LogP contribution in [0.5, 0.6) is 0 Å². The molecule has 114 valence electrons. The molecule has 1 N–H and O–H groups in total. The van der Waals surface area contributed by atoms with E-state index >= 15 is 0 Å². The molecule has 0 atom stereocenters. The van der Waals surface area contributed by atoms with Crippen LogP contribution in [0.25, 0.3) is 11.1 Å². The van der Waals surface area contributed by atoms with E-state index < -0.39 is 15.9 Å². The summed E-state index contributed by atoms with van der Waals surface area (Å²) in [6.45, 7) is 2.63. The number of sulfonamides is 1. The Morgan fingerprint density at radius 3 is 2.09 bits per heavy atom. The average molecular weight is 317 g/mol. The second-order valence-electron chi connectivity index (χ2n) is 4.82. The average Bonchev–Trinajstić information content (AvgIpc) is 2.46. The van der Waals surface area contributed by atoms with Gasteiger partial charge in [-0.25, -0.2) is 13.1 Å². The third kappa shape index (κ3) is 3.59. The molecule has 2 aromatic rings. The summed E-state index contributed by atoms with van der Waals surface area (Å²) in [6, 6.07) is 13.2. The Balaban J connectivity index is 2.35. The number of benzene rings is 2. The number of carbonyl (C=O) groups is 2. The number of ketones is 1. The highest BCUT2D eigenvalue weighted by Crippen LogP contribution is 2.22. The zero-order chi connectivity index (χ0) is 16.3. The molecule has 0 unspecified atom stereocenters. The fraction of sp³-hybridized carbons (Fsp3) is 0.125. The van der Waals surface area contributed by atoms with Gasteiger partial charge in [-0.2, -0.15) is 0 Å². The third-order valence-electron chi connectivity index (χ3n) is 3.05. The predicted octanol–water partition coefficient (Wildman–Crippen LogP) is 2.38. The molecular formula is C16H15NO4S. The lowest BCUT2D eigenvalue weighted by molar-refractivity contribution is -0.117. The Bertz CT molecular complexity index is 823. The zero-order valence-electron chi connectivity index (χ0n) is 12.2. The molecule has 0 fully saturated rings. The maximum atomic E-state index is 11.9. The van der Waals surface area contributed by atoms with Crippen LogP contribution in [0.1, 0.15) is 24.2 Å². The van der Waals surface area contributed by atoms with Gasteiger partial charge in [0.15, 0.2) is 5.78 Å². The monoisotopic (exact) mass is 317 g/mol. The molecular weight excluding hydrogens is 302 g/mol. The lowest BCUT2D eigenvalue weighted by Gasteiger charge is -2.07. The lowest BCUT2D eigenvalue weighted by Crippen LogP contribution is -2.28. The van der Waals surface area contributed by atoms with Crippen molar-refractivity contribution in [1.82, 2.24) is 4.72 Å². The summed E-state index contributed by atoms with van der Waals surface area (Å²) in [5.41, 5.74) is 2.19. The van der Waals surface area contributed by atoms with Crippen molar-refractivity contribution < 1.29 is 18.0 Å². The zero-order valence-corrected chi connectivity index (χ0v) is 13.0. The SMILES string of the molecule is CC(=O)NS(=O)(=O)c1ccc(-c2cccc(C(C)=O)c2)cc1. The van der Waals surface area contributed by atoms with Crippen LogP contribution in [-0.2, 0) is 14.8 Å². The van der Waals surface area contributed by atoms with E-state index in [9.17, 15) is 18.0 Å². The first-order valence-electron chi connectivity index (χ1n) is 6.54. The minimum atomic E-state index is -3.83. The highest BCUT2D eigenvalue weighted by atomic mass is 32.2. The molecule has 0 aliphatic heterocycles. The highest BCUT2D eigenvalue weighted by Gasteiger charge is 2.15. The van der Waals surface area contributed by atoms with E-state index in [0.717, 1.165) is 18.1 Å². The van der Waals surface area contributed by atoms with Gasteiger partial charge >= 0.3 is 0 Å². The van der Waals surface area contributed by atoms with Gasteiger partial charge in [0.05, 0.1) is 4.90 Å². The van der Waals surface area contributed by atoms with Gasteiger partial charge in [0.25, 0.3) is 10.0 Å². The molecule has 0 aliphatic rings. The van der Waals surface area contributed by atoms with Crippen molar-refractivity contribution in [3.8, 4) is 11.1 Å². The first-order valence-corrected chi connectivity index (χ1v) is 8.03. The first-order chi connectivity index (χ1) is 10.3. The topological polar surface area (TPSA) is 80.3 Å². The number of rotatable bonds is 4. The maximum Gasteiger partial charge on any atom is 0.264 e. The van der Waals surface area contributed by atoms with Crippen LogP contribution in [-0.4, -0.2) is 20.1 Å². The fourth-order valence-corrected chi connectivity index (χ4v) is 2.98. The largest absolute Gasteiger partial charge is 0.295 e. The van der Waals surface area contributed by atoms with Gasteiger partial charge in [0.2, 0.25) is 5.91 Å². The van der Waals surface area contributed by atoms with Crippen LogP contribution in [0.2, 0.25) is 0 Å². The van der Waals surface area contributed by atoms with Gasteiger partial charge in [-0.05, 0) is 36.2 Å². The van der Waals surface area contributed by atoms with Gasteiger partial charge in [0.1, 0.15) is 0 Å². The van der Waals surface area contributed by atoms with Crippen LogP contribution in [0.3, 0.4) is 0 Å². The summed E-state index contributed by atoms with van der Waals surface area (Å²) in [5, 5.41) is 0. The quantitative estimate of drug-likeness (QED) is 0.878. The fourth-order valence-electron chi connectivity index (χ4n) is 1.99. The molecule has 0 heterocycles. The molecule has 0 saturated carbocycles. The number of carbonyl (C=O) groups excluding carboxylic acids is 2. The molecule has 0 saturated heterocycles. The number of nitrogens with one attached hydrogen (secondary N) is 1. The van der Waals surface area contributed by atoms with Crippen LogP contribution in [0, 0.1) is 0 Å². The summed E-state index contributed by atoms with van der Waals surface area (Å²) in [7, 11) is -3.83. The predicted molar refractivity (Wildman–Crippen MR) is 82.9 cm³/mol. The van der Waals surface area contributed by atoms with E-state index in [2.05, 4.69) is 0 Å². The molecule has 6 heteroatoms. The number of amides is 1. The maximum absolute atomic E-state index is 11.9. The number of hydrogen-bond donors (Lipinski definition) is 1. The van der Waals surface area contributed by atoms with Crippen LogP contribution in [0.15, 0.2) is 53.4 Å². The molecule has 0 aromatic heterocycles. The van der Waals surface area contributed by atoms with Gasteiger partial charge in [-0.3, -0.25) is 9.59 Å². The van der Waals surface area contributed by atoms with Crippen LogP contribution in [0.4, 0.5) is 0 Å². The summed E-state index contributed by atoms with van der Waals surface area (Å²) in [5.74, 6) is -0.676. The number of hydrogen-bond acceptors (Lipinski definition) is 4. The van der Waals surface area contributed by atoms with Crippen LogP contribution < -0.4 is 4.72 Å². The standard InChI is InChI=1S/C16H15NO4S/c1-11(18)14-4-3-5-15(10-14)13-6-8-16(9-7-13)22(20,21)17-12(2)19/h3-10H,1-2H3,(H,17,19). The van der Waals surface area contributed by atoms with Crippen molar-refractivity contribution in [3.05, 3.63) is 54.1 Å². The second-order valence-corrected chi connectivity index (χ2v) is 6.51. The summed E-state index contributed by atoms with van der Waals surface area (Å²) < 4.78 is 25.6. The van der Waals surface area contributed by atoms with E-state index in [0.29, 0.717) is 5.56 Å². The van der Waals surface area contributed by atoms with Crippen molar-refractivity contribution >= 4 is 21.7 Å². The molecule has 22 heavy (non-hydrogen) atoms. The van der Waals surface area contributed by atoms with E-state index in [1.54, 1.807) is 30.3 Å². The van der Waals surface area contributed by atoms with Gasteiger partial charge < -0.3 is 0 Å². The Morgan fingerprint density at radius 1 is 0.909 bits per heavy atom. The lowest BCUT2D eigenvalue weighted by atomic mass is 10.0. The molecule has 5 nitrogen and oxygen atoms in total. The van der Waals surface area contributed by atoms with Crippen molar-refractivity contribution in [2.75, 3.05) is 0 Å². The molecule has 2 rings (SSSR count). The number of Topliss-reactive ketones (excluding diaryl/α,β-unsaturated/α-hetero) is 1. The molecule has 0 spiro atoms. The van der Waals surface area contributed by atoms with Gasteiger partial charge in [0, 0.05) is 12.5 Å². The summed E-state index contributed by atoms with van der Waals surface area (Å²) >= 11 is 0. The Morgan fingerprint density at radius 2 is 1.55 bits per heavy atom. The second kappa shape index (κ2) is 6.11. The van der Waals surface area contributed by atoms with E-state index in [-0.39, 0.29) is 10.7 Å². The molecule has 1 amide bonds. The van der Waals surface area contributed by atoms with Gasteiger partial charge in [-0.1, -0.05) is 30.3 Å². The summed E-state index contributed by atoms with van der Waals surface area (Å²) in [6.07, 6.45) is 0. The van der Waals surface area contributed by atoms with Crippen molar-refractivity contribution in [1.29, 1.82) is 0 Å².